The molecule has 0 saturated carbocycles. The van der Waals surface area contributed by atoms with Crippen LogP contribution in [0.2, 0.25) is 0 Å². The molecule has 4 rings (SSSR count). The van der Waals surface area contributed by atoms with E-state index >= 15 is 4.39 Å². The first-order chi connectivity index (χ1) is 17.2. The lowest BCUT2D eigenvalue weighted by molar-refractivity contribution is 0.0599. The number of esters is 1. The van der Waals surface area contributed by atoms with Gasteiger partial charge < -0.3 is 29.5 Å². The average molecular weight is 513 g/mol. The number of methoxy groups -OCH3 is 1. The van der Waals surface area contributed by atoms with Crippen LogP contribution in [0.4, 0.5) is 15.8 Å². The number of nitrogens with zero attached hydrogens (tertiary/aromatic N) is 3. The number of nitrogens with one attached hydrogen (secondary N) is 1. The highest BCUT2D eigenvalue weighted by molar-refractivity contribution is 7.80. The first-order valence-electron chi connectivity index (χ1n) is 11.3. The van der Waals surface area contributed by atoms with Crippen molar-refractivity contribution in [3.05, 3.63) is 69.8 Å². The molecule has 11 heteroatoms. The predicted molar refractivity (Wildman–Crippen MR) is 139 cm³/mol. The van der Waals surface area contributed by atoms with Crippen molar-refractivity contribution in [2.45, 2.75) is 13.5 Å². The van der Waals surface area contributed by atoms with E-state index in [1.165, 1.54) is 13.3 Å². The van der Waals surface area contributed by atoms with Crippen LogP contribution in [-0.4, -0.2) is 64.9 Å². The second kappa shape index (κ2) is 10.3. The Bertz CT molecular complexity index is 1400. The van der Waals surface area contributed by atoms with E-state index in [-0.39, 0.29) is 10.9 Å². The van der Waals surface area contributed by atoms with Crippen molar-refractivity contribution in [3.8, 4) is 0 Å². The van der Waals surface area contributed by atoms with Gasteiger partial charge in [0.2, 0.25) is 5.43 Å². The zero-order chi connectivity index (χ0) is 26.0. The molecule has 0 radical (unpaired) electrons. The number of ether oxygens (including phenoxy) is 1. The molecule has 2 heterocycles. The molecule has 2 N–H and O–H groups in total. The van der Waals surface area contributed by atoms with Crippen LogP contribution in [0.1, 0.15) is 27.6 Å². The minimum atomic E-state index is -1.34. The van der Waals surface area contributed by atoms with Crippen molar-refractivity contribution >= 4 is 51.5 Å². The largest absolute Gasteiger partial charge is 0.477 e. The fourth-order valence-corrected chi connectivity index (χ4v) is 4.52. The number of anilines is 2. The maximum atomic E-state index is 15.1. The van der Waals surface area contributed by atoms with Gasteiger partial charge in [-0.05, 0) is 55.5 Å². The summed E-state index contributed by atoms with van der Waals surface area (Å²) in [6.45, 7) is 4.33. The Morgan fingerprint density at radius 2 is 1.81 bits per heavy atom. The maximum absolute atomic E-state index is 15.1. The van der Waals surface area contributed by atoms with Crippen LogP contribution >= 0.6 is 12.2 Å². The van der Waals surface area contributed by atoms with Crippen LogP contribution < -0.4 is 15.6 Å². The number of hydrogen-bond donors (Lipinski definition) is 2. The number of hydrogen-bond acceptors (Lipinski definition) is 6. The fraction of sp³-hybridized carbons (Fsp3) is 0.280. The molecule has 0 unspecified atom stereocenters. The molecule has 1 saturated heterocycles. The number of halogens is 1. The second-order valence-corrected chi connectivity index (χ2v) is 8.64. The number of carbonyl (C=O) groups excluding carboxylic acids is 1. The Labute approximate surface area is 211 Å². The number of thiocarbonyl (C=S) groups is 1. The molecule has 0 aliphatic carbocycles. The van der Waals surface area contributed by atoms with Gasteiger partial charge in [-0.2, -0.15) is 0 Å². The van der Waals surface area contributed by atoms with Gasteiger partial charge >= 0.3 is 11.9 Å². The molecule has 188 valence electrons. The summed E-state index contributed by atoms with van der Waals surface area (Å²) in [5.41, 5.74) is 0.921. The molecule has 1 aliphatic heterocycles. The van der Waals surface area contributed by atoms with Crippen molar-refractivity contribution in [2.75, 3.05) is 43.5 Å². The van der Waals surface area contributed by atoms with Crippen molar-refractivity contribution < 1.29 is 23.8 Å². The molecule has 36 heavy (non-hydrogen) atoms. The second-order valence-electron chi connectivity index (χ2n) is 8.26. The third kappa shape index (κ3) is 4.87. The van der Waals surface area contributed by atoms with Gasteiger partial charge in [0.15, 0.2) is 5.11 Å². The molecule has 3 aromatic rings. The van der Waals surface area contributed by atoms with Crippen LogP contribution in [0, 0.1) is 5.82 Å². The Kier molecular flexibility index (Phi) is 7.20. The molecule has 1 aliphatic rings. The van der Waals surface area contributed by atoms with Crippen molar-refractivity contribution in [3.63, 3.8) is 0 Å². The number of aryl methyl sites for hydroxylation is 1. The maximum Gasteiger partial charge on any atom is 0.341 e. The van der Waals surface area contributed by atoms with E-state index in [1.54, 1.807) is 34.9 Å². The minimum Gasteiger partial charge on any atom is -0.477 e. The van der Waals surface area contributed by atoms with E-state index in [9.17, 15) is 19.5 Å². The monoisotopic (exact) mass is 512 g/mol. The molecule has 0 spiro atoms. The Morgan fingerprint density at radius 3 is 2.39 bits per heavy atom. The average Bonchev–Trinajstić information content (AvgIpc) is 2.88. The SMILES string of the molecule is CCn1cc(C(=O)O)c(=O)c2cc(F)c(N3CCN(C(=S)Nc4ccc(C(=O)OC)cc4)CC3)cc21. The summed E-state index contributed by atoms with van der Waals surface area (Å²) >= 11 is 5.53. The molecule has 2 aromatic carbocycles. The lowest BCUT2D eigenvalue weighted by atomic mass is 10.1. The number of pyridine rings is 1. The van der Waals surface area contributed by atoms with E-state index in [4.69, 9.17) is 17.0 Å². The minimum absolute atomic E-state index is 0.0419. The topological polar surface area (TPSA) is 104 Å². The Balaban J connectivity index is 1.48. The summed E-state index contributed by atoms with van der Waals surface area (Å²) in [5.74, 6) is -2.34. The molecule has 1 fully saturated rings. The highest BCUT2D eigenvalue weighted by Crippen LogP contribution is 2.26. The van der Waals surface area contributed by atoms with Crippen LogP contribution in [0.25, 0.3) is 10.9 Å². The van der Waals surface area contributed by atoms with E-state index in [0.29, 0.717) is 54.6 Å². The number of benzene rings is 2. The van der Waals surface area contributed by atoms with Gasteiger partial charge in [-0.1, -0.05) is 0 Å². The van der Waals surface area contributed by atoms with Crippen molar-refractivity contribution in [2.24, 2.45) is 0 Å². The van der Waals surface area contributed by atoms with Crippen LogP contribution in [0.5, 0.6) is 0 Å². The molecule has 0 amide bonds. The fourth-order valence-electron chi connectivity index (χ4n) is 4.22. The Hall–Kier alpha value is -3.99. The lowest BCUT2D eigenvalue weighted by Crippen LogP contribution is -2.50. The van der Waals surface area contributed by atoms with E-state index in [0.717, 1.165) is 11.8 Å². The van der Waals surface area contributed by atoms with Gasteiger partial charge in [0, 0.05) is 50.0 Å². The molecule has 1 aromatic heterocycles. The number of carbonyl (C=O) groups is 2. The number of carboxylic acids is 1. The third-order valence-corrected chi connectivity index (χ3v) is 6.54. The summed E-state index contributed by atoms with van der Waals surface area (Å²) in [4.78, 5) is 39.5. The number of rotatable bonds is 5. The summed E-state index contributed by atoms with van der Waals surface area (Å²) in [5, 5.41) is 13.0. The Morgan fingerprint density at radius 1 is 1.14 bits per heavy atom. The van der Waals surface area contributed by atoms with Crippen molar-refractivity contribution in [1.29, 1.82) is 0 Å². The van der Waals surface area contributed by atoms with Crippen LogP contribution in [-0.2, 0) is 11.3 Å². The van der Waals surface area contributed by atoms with Gasteiger partial charge in [0.1, 0.15) is 11.4 Å². The molecule has 0 bridgehead atoms. The predicted octanol–water partition coefficient (Wildman–Crippen LogP) is 3.16. The summed E-state index contributed by atoms with van der Waals surface area (Å²) < 4.78 is 21.4. The summed E-state index contributed by atoms with van der Waals surface area (Å²) in [7, 11) is 1.32. The molecule has 0 atom stereocenters. The normalized spacial score (nSPS) is 13.5. The molecule has 9 nitrogen and oxygen atoms in total. The lowest BCUT2D eigenvalue weighted by Gasteiger charge is -2.37. The molecular formula is C25H25FN4O5S. The first-order valence-corrected chi connectivity index (χ1v) is 11.7. The number of fused-ring (bicyclic) bond motifs is 1. The quantitative estimate of drug-likeness (QED) is 0.394. The standard InChI is InChI=1S/C25H25FN4O5S/c1-3-28-14-18(23(32)33)22(31)17-12-19(26)21(13-20(17)28)29-8-10-30(11-9-29)25(36)27-16-6-4-15(5-7-16)24(34)35-2/h4-7,12-14H,3,8-11H2,1-2H3,(H,27,36)(H,32,33). The summed E-state index contributed by atoms with van der Waals surface area (Å²) in [6, 6.07) is 9.50. The van der Waals surface area contributed by atoms with E-state index in [1.807, 2.05) is 16.7 Å². The van der Waals surface area contributed by atoms with Gasteiger partial charge in [-0.3, -0.25) is 4.79 Å². The van der Waals surface area contributed by atoms with Gasteiger partial charge in [0.05, 0.1) is 23.9 Å². The number of piperazine rings is 1. The highest BCUT2D eigenvalue weighted by atomic mass is 32.1. The van der Waals surface area contributed by atoms with E-state index < -0.39 is 23.2 Å². The number of aromatic carboxylic acids is 1. The van der Waals surface area contributed by atoms with E-state index in [2.05, 4.69) is 5.32 Å². The number of carboxylic acid groups (broad SMARTS) is 1. The van der Waals surface area contributed by atoms with Crippen LogP contribution in [0.3, 0.4) is 0 Å². The zero-order valence-corrected chi connectivity index (χ0v) is 20.6. The molecular weight excluding hydrogens is 487 g/mol. The smallest absolute Gasteiger partial charge is 0.341 e. The van der Waals surface area contributed by atoms with Gasteiger partial charge in [-0.25, -0.2) is 14.0 Å². The third-order valence-electron chi connectivity index (χ3n) is 6.18. The first kappa shape index (κ1) is 25.1. The van der Waals surface area contributed by atoms with Gasteiger partial charge in [-0.15, -0.1) is 0 Å². The number of aromatic nitrogens is 1. The van der Waals surface area contributed by atoms with Gasteiger partial charge in [0.25, 0.3) is 0 Å². The summed E-state index contributed by atoms with van der Waals surface area (Å²) in [6.07, 6.45) is 1.30. The van der Waals surface area contributed by atoms with Crippen molar-refractivity contribution in [1.82, 2.24) is 9.47 Å². The zero-order valence-electron chi connectivity index (χ0n) is 19.8. The van der Waals surface area contributed by atoms with Crippen LogP contribution in [0.15, 0.2) is 47.4 Å². The highest BCUT2D eigenvalue weighted by Gasteiger charge is 2.23.